The van der Waals surface area contributed by atoms with E-state index in [9.17, 15) is 9.90 Å². The van der Waals surface area contributed by atoms with Crippen molar-refractivity contribution in [1.82, 2.24) is 5.43 Å². The number of ether oxygens (including phenoxy) is 1. The van der Waals surface area contributed by atoms with Crippen molar-refractivity contribution in [2.24, 2.45) is 5.10 Å². The average molecular weight is 363 g/mol. The second-order valence-corrected chi connectivity index (χ2v) is 5.28. The maximum Gasteiger partial charge on any atom is 0.271 e. The van der Waals surface area contributed by atoms with E-state index in [-0.39, 0.29) is 11.7 Å². The van der Waals surface area contributed by atoms with Crippen LogP contribution in [0.2, 0.25) is 0 Å². The van der Waals surface area contributed by atoms with Crippen LogP contribution in [0.1, 0.15) is 22.8 Å². The monoisotopic (exact) mass is 362 g/mol. The zero-order valence-corrected chi connectivity index (χ0v) is 13.5. The minimum Gasteiger partial charge on any atom is -0.504 e. The zero-order valence-electron chi connectivity index (χ0n) is 11.9. The van der Waals surface area contributed by atoms with Crippen LogP contribution in [0, 0.1) is 0 Å². The lowest BCUT2D eigenvalue weighted by atomic mass is 10.2. The third kappa shape index (κ3) is 4.33. The van der Waals surface area contributed by atoms with Crippen molar-refractivity contribution >= 4 is 28.1 Å². The molecule has 0 aromatic heterocycles. The van der Waals surface area contributed by atoms with Crippen LogP contribution in [0.25, 0.3) is 0 Å². The summed E-state index contributed by atoms with van der Waals surface area (Å²) in [6, 6.07) is 11.8. The number of carbonyl (C=O) groups is 1. The van der Waals surface area contributed by atoms with Gasteiger partial charge in [0.2, 0.25) is 0 Å². The number of carbonyl (C=O) groups excluding carboxylic acids is 1. The Hall–Kier alpha value is -2.34. The van der Waals surface area contributed by atoms with Crippen LogP contribution in [0.5, 0.6) is 11.5 Å². The van der Waals surface area contributed by atoms with Crippen LogP contribution in [0.4, 0.5) is 0 Å². The number of benzene rings is 2. The van der Waals surface area contributed by atoms with Crippen molar-refractivity contribution in [3.63, 3.8) is 0 Å². The van der Waals surface area contributed by atoms with Gasteiger partial charge in [0.15, 0.2) is 11.5 Å². The average Bonchev–Trinajstić information content (AvgIpc) is 2.51. The number of hydrazone groups is 1. The summed E-state index contributed by atoms with van der Waals surface area (Å²) in [4.78, 5) is 11.9. The maximum atomic E-state index is 11.9. The Balaban J connectivity index is 2.01. The van der Waals surface area contributed by atoms with Gasteiger partial charge in [-0.25, -0.2) is 5.43 Å². The van der Waals surface area contributed by atoms with E-state index < -0.39 is 0 Å². The van der Waals surface area contributed by atoms with E-state index in [0.717, 1.165) is 4.47 Å². The van der Waals surface area contributed by atoms with E-state index in [1.807, 2.05) is 6.92 Å². The zero-order chi connectivity index (χ0) is 15.9. The summed E-state index contributed by atoms with van der Waals surface area (Å²) in [5.41, 5.74) is 3.67. The third-order valence-corrected chi connectivity index (χ3v) is 3.30. The van der Waals surface area contributed by atoms with Gasteiger partial charge < -0.3 is 9.84 Å². The van der Waals surface area contributed by atoms with Gasteiger partial charge in [-0.15, -0.1) is 0 Å². The highest BCUT2D eigenvalue weighted by Gasteiger charge is 2.04. The Labute approximate surface area is 136 Å². The van der Waals surface area contributed by atoms with Crippen molar-refractivity contribution in [2.75, 3.05) is 6.61 Å². The fourth-order valence-electron chi connectivity index (χ4n) is 1.71. The predicted octanol–water partition coefficient (Wildman–Crippen LogP) is 3.32. The first-order valence-electron chi connectivity index (χ1n) is 6.65. The molecule has 0 fully saturated rings. The molecule has 0 bridgehead atoms. The van der Waals surface area contributed by atoms with Gasteiger partial charge in [0.1, 0.15) is 0 Å². The molecule has 0 unspecified atom stereocenters. The second kappa shape index (κ2) is 7.61. The molecule has 0 heterocycles. The van der Waals surface area contributed by atoms with E-state index in [0.29, 0.717) is 23.5 Å². The first-order chi connectivity index (χ1) is 10.6. The summed E-state index contributed by atoms with van der Waals surface area (Å²) in [5, 5.41) is 13.5. The molecule has 0 spiro atoms. The molecule has 0 aliphatic carbocycles. The number of amides is 1. The third-order valence-electron chi connectivity index (χ3n) is 2.77. The molecule has 0 radical (unpaired) electrons. The van der Waals surface area contributed by atoms with Crippen LogP contribution in [-0.2, 0) is 0 Å². The van der Waals surface area contributed by atoms with E-state index >= 15 is 0 Å². The normalized spacial score (nSPS) is 10.6. The first-order valence-corrected chi connectivity index (χ1v) is 7.44. The molecule has 114 valence electrons. The van der Waals surface area contributed by atoms with Crippen LogP contribution < -0.4 is 10.2 Å². The van der Waals surface area contributed by atoms with Crippen molar-refractivity contribution in [2.45, 2.75) is 6.92 Å². The number of hydrogen-bond donors (Lipinski definition) is 2. The van der Waals surface area contributed by atoms with Crippen molar-refractivity contribution < 1.29 is 14.6 Å². The quantitative estimate of drug-likeness (QED) is 0.633. The molecule has 6 heteroatoms. The predicted molar refractivity (Wildman–Crippen MR) is 88.5 cm³/mol. The molecule has 2 aromatic rings. The summed E-state index contributed by atoms with van der Waals surface area (Å²) >= 11 is 3.31. The number of halogens is 1. The van der Waals surface area contributed by atoms with E-state index in [1.165, 1.54) is 12.3 Å². The number of hydrogen-bond acceptors (Lipinski definition) is 4. The first kappa shape index (κ1) is 16.0. The Kier molecular flexibility index (Phi) is 5.55. The molecule has 0 atom stereocenters. The Morgan fingerprint density at radius 2 is 2.05 bits per heavy atom. The smallest absolute Gasteiger partial charge is 0.271 e. The van der Waals surface area contributed by atoms with Gasteiger partial charge in [0.05, 0.1) is 12.8 Å². The van der Waals surface area contributed by atoms with Gasteiger partial charge in [-0.3, -0.25) is 4.79 Å². The lowest BCUT2D eigenvalue weighted by Gasteiger charge is -2.06. The second-order valence-electron chi connectivity index (χ2n) is 4.37. The van der Waals surface area contributed by atoms with Crippen LogP contribution in [0.15, 0.2) is 52.0 Å². The van der Waals surface area contributed by atoms with Gasteiger partial charge in [-0.05, 0) is 55.0 Å². The summed E-state index contributed by atoms with van der Waals surface area (Å²) in [6.07, 6.45) is 1.48. The fourth-order valence-corrected chi connectivity index (χ4v) is 1.98. The van der Waals surface area contributed by atoms with Gasteiger partial charge in [-0.2, -0.15) is 5.10 Å². The van der Waals surface area contributed by atoms with Gasteiger partial charge in [-0.1, -0.05) is 15.9 Å². The molecule has 0 saturated carbocycles. The molecule has 0 aliphatic rings. The van der Waals surface area contributed by atoms with Crippen molar-refractivity contribution in [3.05, 3.63) is 58.1 Å². The molecule has 22 heavy (non-hydrogen) atoms. The molecule has 0 aliphatic heterocycles. The molecular weight excluding hydrogens is 348 g/mol. The van der Waals surface area contributed by atoms with Gasteiger partial charge in [0.25, 0.3) is 5.91 Å². The summed E-state index contributed by atoms with van der Waals surface area (Å²) in [5.74, 6) is 0.149. The van der Waals surface area contributed by atoms with Gasteiger partial charge >= 0.3 is 0 Å². The molecule has 2 aromatic carbocycles. The number of phenols is 1. The molecule has 2 N–H and O–H groups in total. The van der Waals surface area contributed by atoms with E-state index in [1.54, 1.807) is 36.4 Å². The van der Waals surface area contributed by atoms with Gasteiger partial charge in [0, 0.05) is 10.0 Å². The van der Waals surface area contributed by atoms with Crippen molar-refractivity contribution in [1.29, 1.82) is 0 Å². The highest BCUT2D eigenvalue weighted by atomic mass is 79.9. The van der Waals surface area contributed by atoms with Crippen LogP contribution in [-0.4, -0.2) is 23.8 Å². The topological polar surface area (TPSA) is 70.9 Å². The summed E-state index contributed by atoms with van der Waals surface area (Å²) in [6.45, 7) is 2.28. The molecular formula is C16H15BrN2O3. The van der Waals surface area contributed by atoms with E-state index in [2.05, 4.69) is 26.5 Å². The SMILES string of the molecule is CCOc1cc(C=NNC(=O)c2ccc(Br)cc2)ccc1O. The molecule has 5 nitrogen and oxygen atoms in total. The Morgan fingerprint density at radius 1 is 1.32 bits per heavy atom. The lowest BCUT2D eigenvalue weighted by Crippen LogP contribution is -2.17. The summed E-state index contributed by atoms with van der Waals surface area (Å²) < 4.78 is 6.18. The number of rotatable bonds is 5. The maximum absolute atomic E-state index is 11.9. The van der Waals surface area contributed by atoms with E-state index in [4.69, 9.17) is 4.74 Å². The minimum absolute atomic E-state index is 0.0675. The summed E-state index contributed by atoms with van der Waals surface area (Å²) in [7, 11) is 0. The van der Waals surface area contributed by atoms with Crippen LogP contribution in [0.3, 0.4) is 0 Å². The molecule has 1 amide bonds. The lowest BCUT2D eigenvalue weighted by molar-refractivity contribution is 0.0955. The van der Waals surface area contributed by atoms with Crippen molar-refractivity contribution in [3.8, 4) is 11.5 Å². The highest BCUT2D eigenvalue weighted by Crippen LogP contribution is 2.26. The number of nitrogens with zero attached hydrogens (tertiary/aromatic N) is 1. The highest BCUT2D eigenvalue weighted by molar-refractivity contribution is 9.10. The standard InChI is InChI=1S/C16H15BrN2O3/c1-2-22-15-9-11(3-8-14(15)20)10-18-19-16(21)12-4-6-13(17)7-5-12/h3-10,20H,2H2,1H3,(H,19,21). The number of nitrogens with one attached hydrogen (secondary N) is 1. The fraction of sp³-hybridized carbons (Fsp3) is 0.125. The Bertz CT molecular complexity index is 684. The minimum atomic E-state index is -0.299. The Morgan fingerprint density at radius 3 is 2.73 bits per heavy atom. The van der Waals surface area contributed by atoms with Crippen LogP contribution >= 0.6 is 15.9 Å². The largest absolute Gasteiger partial charge is 0.504 e. The molecule has 2 rings (SSSR count). The number of aromatic hydroxyl groups is 1. The molecule has 0 saturated heterocycles. The number of phenolic OH excluding ortho intramolecular Hbond substituents is 1.